The van der Waals surface area contributed by atoms with Gasteiger partial charge < -0.3 is 30.1 Å². The van der Waals surface area contributed by atoms with Crippen LogP contribution in [0.5, 0.6) is 0 Å². The van der Waals surface area contributed by atoms with Crippen molar-refractivity contribution >= 4 is 35.5 Å². The molecule has 3 heterocycles. The molecule has 18 heteroatoms. The Morgan fingerprint density at radius 3 is 2.46 bits per heavy atom. The van der Waals surface area contributed by atoms with Gasteiger partial charge >= 0.3 is 11.7 Å². The predicted molar refractivity (Wildman–Crippen MR) is 200 cm³/mol. The molecule has 0 saturated carbocycles. The highest BCUT2D eigenvalue weighted by atomic mass is 32.2. The van der Waals surface area contributed by atoms with Gasteiger partial charge in [-0.3, -0.25) is 33.5 Å². The second-order valence-corrected chi connectivity index (χ2v) is 17.0. The summed E-state index contributed by atoms with van der Waals surface area (Å²) in [5.41, 5.74) is 8.29. The van der Waals surface area contributed by atoms with Crippen molar-refractivity contribution in [3.8, 4) is 0 Å². The predicted octanol–water partition coefficient (Wildman–Crippen LogP) is 2.31. The van der Waals surface area contributed by atoms with Crippen LogP contribution in [0.25, 0.3) is 10.4 Å². The van der Waals surface area contributed by atoms with Crippen LogP contribution in [-0.2, 0) is 35.1 Å². The number of ether oxygens (including phenoxy) is 2. The lowest BCUT2D eigenvalue weighted by Crippen LogP contribution is -2.60. The molecule has 3 amide bonds. The Hall–Kier alpha value is -4.64. The van der Waals surface area contributed by atoms with Crippen LogP contribution in [0.2, 0.25) is 0 Å². The first-order valence-corrected chi connectivity index (χ1v) is 18.7. The van der Waals surface area contributed by atoms with Crippen molar-refractivity contribution in [2.45, 2.75) is 115 Å². The molecule has 17 nitrogen and oxygen atoms in total. The number of amides is 3. The number of azide groups is 1. The number of carbonyl (C=O) groups is 4. The van der Waals surface area contributed by atoms with Crippen LogP contribution in [0.15, 0.2) is 51.2 Å². The summed E-state index contributed by atoms with van der Waals surface area (Å²) < 4.78 is 11.9. The number of nitrogens with zero attached hydrogens (tertiary/aromatic N) is 5. The first-order chi connectivity index (χ1) is 25.2. The van der Waals surface area contributed by atoms with Crippen LogP contribution in [0.3, 0.4) is 0 Å². The molecule has 2 aliphatic heterocycles. The molecule has 0 bridgehead atoms. The zero-order chi connectivity index (χ0) is 40.1. The Morgan fingerprint density at radius 1 is 1.17 bits per heavy atom. The molecule has 1 aromatic carbocycles. The summed E-state index contributed by atoms with van der Waals surface area (Å²) in [7, 11) is 0. The molecule has 0 aliphatic carbocycles. The van der Waals surface area contributed by atoms with Gasteiger partial charge in [-0.15, -0.1) is 11.8 Å². The molecule has 4 rings (SSSR count). The zero-order valence-electron chi connectivity index (χ0n) is 31.8. The topological polar surface area (TPSA) is 238 Å². The second-order valence-electron chi connectivity index (χ2n) is 15.4. The molecule has 0 radical (unpaired) electrons. The zero-order valence-corrected chi connectivity index (χ0v) is 32.6. The van der Waals surface area contributed by atoms with Gasteiger partial charge in [0.2, 0.25) is 11.8 Å². The van der Waals surface area contributed by atoms with Gasteiger partial charge in [-0.25, -0.2) is 4.79 Å². The number of aliphatic hydroxyl groups excluding tert-OH is 1. The molecule has 294 valence electrons. The van der Waals surface area contributed by atoms with Gasteiger partial charge in [0.1, 0.15) is 25.0 Å². The molecule has 2 aromatic rings. The van der Waals surface area contributed by atoms with Crippen molar-refractivity contribution in [3.63, 3.8) is 0 Å². The standard InChI is InChI=1S/C36H50N8O9S/c1-19-16-43(34(51)39-29(19)46)26-15-23(41-42-37)25(53-26)17-52-33(50)21(3)20(2)30(47)38-24(14-22-12-10-9-11-13-22)27(45)32(49)44-18-54-36(7,8)28(44)31(48)40-35(4,5)6/h9-13,16,20-21,23-28,45H,14-15,17-18H2,1-8H3,(H,38,47)(H,40,48)(H,39,46,51)/t20?,21?,23-,24+,25+,26+,27+,28-/m1/s1. The number of benzene rings is 1. The maximum absolute atomic E-state index is 14.0. The van der Waals surface area contributed by atoms with Gasteiger partial charge in [0.15, 0.2) is 6.10 Å². The van der Waals surface area contributed by atoms with Gasteiger partial charge in [-0.05, 0) is 59.1 Å². The van der Waals surface area contributed by atoms with Crippen LogP contribution in [0, 0.1) is 18.8 Å². The summed E-state index contributed by atoms with van der Waals surface area (Å²) in [5, 5.41) is 21.0. The van der Waals surface area contributed by atoms with E-state index in [1.165, 1.54) is 48.2 Å². The minimum Gasteiger partial charge on any atom is -0.463 e. The third kappa shape index (κ3) is 10.1. The molecule has 8 atom stereocenters. The highest BCUT2D eigenvalue weighted by Gasteiger charge is 2.50. The van der Waals surface area contributed by atoms with Gasteiger partial charge in [-0.2, -0.15) is 0 Å². The third-order valence-corrected chi connectivity index (χ3v) is 11.0. The number of thioether (sulfide) groups is 1. The number of aryl methyl sites for hydroxylation is 1. The molecule has 2 unspecified atom stereocenters. The van der Waals surface area contributed by atoms with E-state index in [2.05, 4.69) is 25.6 Å². The van der Waals surface area contributed by atoms with Crippen molar-refractivity contribution in [2.75, 3.05) is 12.5 Å². The number of H-pyrrole nitrogens is 1. The Labute approximate surface area is 317 Å². The normalized spacial score (nSPS) is 23.0. The first kappa shape index (κ1) is 42.1. The highest BCUT2D eigenvalue weighted by molar-refractivity contribution is 8.00. The van der Waals surface area contributed by atoms with Crippen LogP contribution < -0.4 is 21.9 Å². The molecule has 0 spiro atoms. The van der Waals surface area contributed by atoms with Crippen molar-refractivity contribution in [2.24, 2.45) is 17.0 Å². The number of nitrogens with one attached hydrogen (secondary N) is 3. The molecular weight excluding hydrogens is 721 g/mol. The summed E-state index contributed by atoms with van der Waals surface area (Å²) in [6.45, 7) is 13.4. The lowest BCUT2D eigenvalue weighted by Gasteiger charge is -2.35. The van der Waals surface area contributed by atoms with E-state index in [1.807, 2.05) is 40.7 Å². The number of aromatic amines is 1. The summed E-state index contributed by atoms with van der Waals surface area (Å²) >= 11 is 1.41. The Morgan fingerprint density at radius 2 is 1.83 bits per heavy atom. The molecule has 2 fully saturated rings. The minimum absolute atomic E-state index is 0.0749. The van der Waals surface area contributed by atoms with Gasteiger partial charge in [-0.1, -0.05) is 49.3 Å². The van der Waals surface area contributed by atoms with Gasteiger partial charge in [0, 0.05) is 39.3 Å². The van der Waals surface area contributed by atoms with Crippen LogP contribution in [0.4, 0.5) is 0 Å². The van der Waals surface area contributed by atoms with Crippen molar-refractivity contribution in [3.05, 3.63) is 78.9 Å². The Bertz CT molecular complexity index is 1870. The average molecular weight is 771 g/mol. The maximum atomic E-state index is 14.0. The molecule has 4 N–H and O–H groups in total. The Balaban J connectivity index is 1.45. The third-order valence-electron chi connectivity index (χ3n) is 9.62. The fourth-order valence-electron chi connectivity index (χ4n) is 6.37. The highest BCUT2D eigenvalue weighted by Crippen LogP contribution is 2.40. The fourth-order valence-corrected chi connectivity index (χ4v) is 7.51. The van der Waals surface area contributed by atoms with Crippen LogP contribution >= 0.6 is 11.8 Å². The number of aliphatic hydroxyl groups is 1. The maximum Gasteiger partial charge on any atom is 0.330 e. The van der Waals surface area contributed by atoms with Crippen molar-refractivity contribution in [1.82, 2.24) is 25.1 Å². The largest absolute Gasteiger partial charge is 0.463 e. The average Bonchev–Trinajstić information content (AvgIpc) is 3.65. The van der Waals surface area contributed by atoms with Gasteiger partial charge in [0.25, 0.3) is 11.5 Å². The molecule has 2 saturated heterocycles. The Kier molecular flexibility index (Phi) is 13.4. The van der Waals surface area contributed by atoms with E-state index in [9.17, 15) is 33.9 Å². The number of aromatic nitrogens is 2. The second kappa shape index (κ2) is 17.2. The van der Waals surface area contributed by atoms with Crippen LogP contribution in [0.1, 0.15) is 72.2 Å². The minimum atomic E-state index is -1.73. The number of esters is 1. The molecular formula is C36H50N8O9S. The number of rotatable bonds is 13. The molecule has 1 aromatic heterocycles. The van der Waals surface area contributed by atoms with E-state index in [4.69, 9.17) is 15.0 Å². The fraction of sp³-hybridized carbons (Fsp3) is 0.611. The number of carbonyl (C=O) groups excluding carboxylic acids is 4. The lowest BCUT2D eigenvalue weighted by atomic mass is 9.93. The summed E-state index contributed by atoms with van der Waals surface area (Å²) in [6.07, 6.45) is -2.08. The van der Waals surface area contributed by atoms with E-state index in [0.29, 0.717) is 0 Å². The van der Waals surface area contributed by atoms with E-state index in [1.54, 1.807) is 24.3 Å². The molecule has 2 aliphatic rings. The lowest BCUT2D eigenvalue weighted by molar-refractivity contribution is -0.157. The van der Waals surface area contributed by atoms with E-state index in [-0.39, 0.29) is 36.8 Å². The quantitative estimate of drug-likeness (QED) is 0.100. The number of hydrogen-bond acceptors (Lipinski definition) is 11. The van der Waals surface area contributed by atoms with Crippen molar-refractivity contribution in [1.29, 1.82) is 0 Å². The SMILES string of the molecule is Cc1cn([C@@H]2C[C@@H](N=[N+]=[N-])[C@H](COC(=O)C(C)C(C)C(=O)N[C@@H](Cc3ccccc3)[C@H](O)C(=O)N3CSC(C)(C)[C@H]3C(=O)NC(C)(C)C)O2)c(=O)[nH]c1=O. The van der Waals surface area contributed by atoms with Gasteiger partial charge in [0.05, 0.1) is 23.9 Å². The van der Waals surface area contributed by atoms with Crippen molar-refractivity contribution < 1.29 is 33.8 Å². The smallest absolute Gasteiger partial charge is 0.330 e. The van der Waals surface area contributed by atoms with E-state index >= 15 is 0 Å². The summed E-state index contributed by atoms with van der Waals surface area (Å²) in [5.74, 6) is -4.29. The van der Waals surface area contributed by atoms with E-state index in [0.717, 1.165) is 5.56 Å². The monoisotopic (exact) mass is 770 g/mol. The van der Waals surface area contributed by atoms with E-state index < -0.39 is 87.7 Å². The number of hydrogen-bond donors (Lipinski definition) is 4. The summed E-state index contributed by atoms with van der Waals surface area (Å²) in [6, 6.07) is 6.17. The summed E-state index contributed by atoms with van der Waals surface area (Å²) in [4.78, 5) is 85.0. The first-order valence-electron chi connectivity index (χ1n) is 17.7. The molecule has 54 heavy (non-hydrogen) atoms. The van der Waals surface area contributed by atoms with Crippen LogP contribution in [-0.4, -0.2) is 96.4 Å².